The molecule has 2 fully saturated rings. The van der Waals surface area contributed by atoms with E-state index in [1.165, 1.54) is 24.4 Å². The van der Waals surface area contributed by atoms with Crippen molar-refractivity contribution in [2.75, 3.05) is 16.8 Å². The number of ether oxygens (including phenoxy) is 1. The molecule has 3 heterocycles. The second-order valence-electron chi connectivity index (χ2n) is 8.13. The van der Waals surface area contributed by atoms with Gasteiger partial charge in [0.15, 0.2) is 0 Å². The first-order chi connectivity index (χ1) is 15.7. The predicted molar refractivity (Wildman–Crippen MR) is 113 cm³/mol. The number of alkyl halides is 2. The zero-order valence-corrected chi connectivity index (χ0v) is 18.1. The van der Waals surface area contributed by atoms with E-state index in [9.17, 15) is 18.0 Å². The first-order valence-corrected chi connectivity index (χ1v) is 10.5. The van der Waals surface area contributed by atoms with Crippen LogP contribution in [-0.2, 0) is 10.3 Å². The number of aromatic nitrogens is 4. The molecule has 0 unspecified atom stereocenters. The normalized spacial score (nSPS) is 19.5. The van der Waals surface area contributed by atoms with Crippen molar-refractivity contribution in [2.24, 2.45) is 0 Å². The van der Waals surface area contributed by atoms with Crippen LogP contribution in [0.2, 0.25) is 5.02 Å². The minimum Gasteiger partial charge on any atom is -0.447 e. The van der Waals surface area contributed by atoms with Gasteiger partial charge in [0.25, 0.3) is 5.92 Å². The fourth-order valence-corrected chi connectivity index (χ4v) is 3.91. The fraction of sp³-hybridized carbons (Fsp3) is 0.333. The molecular formula is C21H18ClF3N6O2. The largest absolute Gasteiger partial charge is 0.447 e. The molecule has 1 saturated carbocycles. The summed E-state index contributed by atoms with van der Waals surface area (Å²) in [5, 5.41) is 3.22. The van der Waals surface area contributed by atoms with Crippen LogP contribution < -0.4 is 10.2 Å². The van der Waals surface area contributed by atoms with Gasteiger partial charge in [-0.3, -0.25) is 0 Å². The standard InChI is InChI=1S/C21H18ClF3N6O2/c1-20(24,25)16-10-33-19(32)31(16)17-4-7-26-18(28-17)29-21(5-6-21)15-9-30(11-27-15)12-2-3-14(23)13(22)8-12/h2-4,7-9,11,16H,5-6,10H2,1H3,(H,26,28,29)/t16-/m1/s1. The van der Waals surface area contributed by atoms with Gasteiger partial charge in [-0.2, -0.15) is 4.98 Å². The molecule has 1 aromatic carbocycles. The van der Waals surface area contributed by atoms with Gasteiger partial charge in [0.1, 0.15) is 24.3 Å². The Morgan fingerprint density at radius 3 is 2.76 bits per heavy atom. The number of nitrogens with one attached hydrogen (secondary N) is 1. The Labute approximate surface area is 191 Å². The van der Waals surface area contributed by atoms with E-state index in [1.807, 2.05) is 0 Å². The lowest BCUT2D eigenvalue weighted by molar-refractivity contribution is -0.00854. The predicted octanol–water partition coefficient (Wildman–Crippen LogP) is 4.54. The average molecular weight is 479 g/mol. The summed E-state index contributed by atoms with van der Waals surface area (Å²) in [7, 11) is 0. The van der Waals surface area contributed by atoms with Crippen LogP contribution in [-0.4, -0.2) is 44.2 Å². The molecule has 1 amide bonds. The number of hydrogen-bond acceptors (Lipinski definition) is 6. The minimum absolute atomic E-state index is 0.00336. The molecule has 5 rings (SSSR count). The van der Waals surface area contributed by atoms with Gasteiger partial charge in [-0.1, -0.05) is 11.6 Å². The van der Waals surface area contributed by atoms with Crippen LogP contribution in [0, 0.1) is 5.82 Å². The summed E-state index contributed by atoms with van der Waals surface area (Å²) in [6.07, 6.45) is 5.36. The fourth-order valence-electron chi connectivity index (χ4n) is 3.73. The Kier molecular flexibility index (Phi) is 4.96. The molecule has 0 spiro atoms. The molecule has 33 heavy (non-hydrogen) atoms. The molecule has 12 heteroatoms. The average Bonchev–Trinajstić information content (AvgIpc) is 3.19. The Balaban J connectivity index is 1.39. The van der Waals surface area contributed by atoms with E-state index in [2.05, 4.69) is 20.3 Å². The van der Waals surface area contributed by atoms with Crippen LogP contribution in [0.15, 0.2) is 43.0 Å². The second kappa shape index (κ2) is 7.62. The molecule has 2 aliphatic rings. The SMILES string of the molecule is CC(F)(F)[C@H]1COC(=O)N1c1ccnc(NC2(c3cn(-c4ccc(F)c(Cl)c4)cn3)CC2)n1. The van der Waals surface area contributed by atoms with Crippen LogP contribution in [0.3, 0.4) is 0 Å². The molecule has 0 bridgehead atoms. The lowest BCUT2D eigenvalue weighted by atomic mass is 10.1. The number of anilines is 2. The smallest absolute Gasteiger partial charge is 0.416 e. The maximum Gasteiger partial charge on any atom is 0.416 e. The van der Waals surface area contributed by atoms with Gasteiger partial charge < -0.3 is 14.6 Å². The van der Waals surface area contributed by atoms with E-state index in [-0.39, 0.29) is 16.8 Å². The van der Waals surface area contributed by atoms with Crippen molar-refractivity contribution in [2.45, 2.75) is 37.3 Å². The highest BCUT2D eigenvalue weighted by atomic mass is 35.5. The molecule has 3 aromatic rings. The van der Waals surface area contributed by atoms with E-state index in [0.717, 1.165) is 24.7 Å². The Hall–Kier alpha value is -3.34. The van der Waals surface area contributed by atoms with E-state index >= 15 is 0 Å². The third kappa shape index (κ3) is 3.97. The number of benzene rings is 1. The number of hydrogen-bond donors (Lipinski definition) is 1. The first kappa shape index (κ1) is 21.5. The van der Waals surface area contributed by atoms with Crippen LogP contribution in [0.5, 0.6) is 0 Å². The summed E-state index contributed by atoms with van der Waals surface area (Å²) >= 11 is 5.88. The topological polar surface area (TPSA) is 85.2 Å². The summed E-state index contributed by atoms with van der Waals surface area (Å²) in [5.41, 5.74) is 0.802. The minimum atomic E-state index is -3.17. The monoisotopic (exact) mass is 478 g/mol. The van der Waals surface area contributed by atoms with E-state index in [1.54, 1.807) is 23.2 Å². The van der Waals surface area contributed by atoms with Gasteiger partial charge in [0, 0.05) is 25.0 Å². The highest BCUT2D eigenvalue weighted by Crippen LogP contribution is 2.47. The van der Waals surface area contributed by atoms with Crippen molar-refractivity contribution in [3.8, 4) is 5.69 Å². The van der Waals surface area contributed by atoms with Crippen LogP contribution >= 0.6 is 11.6 Å². The van der Waals surface area contributed by atoms with Gasteiger partial charge >= 0.3 is 6.09 Å². The van der Waals surface area contributed by atoms with Crippen molar-refractivity contribution < 1.29 is 22.7 Å². The molecule has 172 valence electrons. The lowest BCUT2D eigenvalue weighted by Crippen LogP contribution is -2.45. The molecule has 0 radical (unpaired) electrons. The van der Waals surface area contributed by atoms with Crippen LogP contribution in [0.4, 0.5) is 29.7 Å². The van der Waals surface area contributed by atoms with Crippen LogP contribution in [0.25, 0.3) is 5.69 Å². The van der Waals surface area contributed by atoms with Crippen molar-refractivity contribution in [3.63, 3.8) is 0 Å². The van der Waals surface area contributed by atoms with Gasteiger partial charge in [0.2, 0.25) is 5.95 Å². The lowest BCUT2D eigenvalue weighted by Gasteiger charge is -2.25. The molecule has 2 aromatic heterocycles. The van der Waals surface area contributed by atoms with E-state index in [0.29, 0.717) is 11.4 Å². The number of cyclic esters (lactones) is 1. The number of nitrogens with zero attached hydrogens (tertiary/aromatic N) is 5. The summed E-state index contributed by atoms with van der Waals surface area (Å²) in [5.74, 6) is -3.49. The number of halogens is 4. The van der Waals surface area contributed by atoms with Crippen LogP contribution in [0.1, 0.15) is 25.5 Å². The Morgan fingerprint density at radius 1 is 1.27 bits per heavy atom. The number of imidazole rings is 1. The van der Waals surface area contributed by atoms with Crippen molar-refractivity contribution >= 4 is 29.5 Å². The zero-order chi connectivity index (χ0) is 23.4. The Bertz CT molecular complexity index is 1230. The third-order valence-corrected chi connectivity index (χ3v) is 6.01. The highest BCUT2D eigenvalue weighted by Gasteiger charge is 2.49. The van der Waals surface area contributed by atoms with E-state index in [4.69, 9.17) is 16.3 Å². The number of rotatable bonds is 6. The number of carbonyl (C=O) groups is 1. The van der Waals surface area contributed by atoms with Crippen molar-refractivity contribution in [1.82, 2.24) is 19.5 Å². The van der Waals surface area contributed by atoms with Gasteiger partial charge in [-0.15, -0.1) is 0 Å². The number of carbonyl (C=O) groups excluding carboxylic acids is 1. The molecule has 1 N–H and O–H groups in total. The maximum atomic E-state index is 14.0. The molecule has 8 nitrogen and oxygen atoms in total. The Morgan fingerprint density at radius 2 is 2.06 bits per heavy atom. The third-order valence-electron chi connectivity index (χ3n) is 5.72. The molecular weight excluding hydrogens is 461 g/mol. The molecule has 1 aliphatic heterocycles. The summed E-state index contributed by atoms with van der Waals surface area (Å²) in [6, 6.07) is 4.28. The quantitative estimate of drug-likeness (QED) is 0.560. The van der Waals surface area contributed by atoms with Crippen molar-refractivity contribution in [1.29, 1.82) is 0 Å². The first-order valence-electron chi connectivity index (χ1n) is 10.1. The zero-order valence-electron chi connectivity index (χ0n) is 17.3. The summed E-state index contributed by atoms with van der Waals surface area (Å²) < 4.78 is 47.9. The van der Waals surface area contributed by atoms with E-state index < -0.39 is 36.0 Å². The molecule has 1 saturated heterocycles. The molecule has 1 atom stereocenters. The van der Waals surface area contributed by atoms with Crippen molar-refractivity contribution in [3.05, 3.63) is 59.5 Å². The number of amides is 1. The highest BCUT2D eigenvalue weighted by molar-refractivity contribution is 6.30. The second-order valence-corrected chi connectivity index (χ2v) is 8.54. The maximum absolute atomic E-state index is 14.0. The summed E-state index contributed by atoms with van der Waals surface area (Å²) in [4.78, 5) is 25.9. The van der Waals surface area contributed by atoms with Gasteiger partial charge in [-0.25, -0.2) is 32.8 Å². The van der Waals surface area contributed by atoms with Gasteiger partial charge in [0.05, 0.1) is 22.6 Å². The molecule has 1 aliphatic carbocycles. The summed E-state index contributed by atoms with van der Waals surface area (Å²) in [6.45, 7) is 0.306. The van der Waals surface area contributed by atoms with Gasteiger partial charge in [-0.05, 0) is 37.1 Å².